The van der Waals surface area contributed by atoms with E-state index in [4.69, 9.17) is 26.4 Å². The molecule has 0 aliphatic carbocycles. The van der Waals surface area contributed by atoms with E-state index in [1.165, 1.54) is 16.7 Å². The topological polar surface area (TPSA) is 48.0 Å². The van der Waals surface area contributed by atoms with Gasteiger partial charge in [-0.25, -0.2) is 0 Å². The van der Waals surface area contributed by atoms with Crippen LogP contribution in [0.3, 0.4) is 0 Å². The molecule has 7 heteroatoms. The zero-order valence-corrected chi connectivity index (χ0v) is 17.7. The van der Waals surface area contributed by atoms with Crippen molar-refractivity contribution < 1.29 is 19.0 Å². The van der Waals surface area contributed by atoms with Crippen molar-refractivity contribution in [3.8, 4) is 17.2 Å². The Morgan fingerprint density at radius 1 is 1.04 bits per heavy atom. The minimum atomic E-state index is -0.151. The highest BCUT2D eigenvalue weighted by Crippen LogP contribution is 2.37. The Bertz CT molecular complexity index is 923. The average Bonchev–Trinajstić information content (AvgIpc) is 2.96. The van der Waals surface area contributed by atoms with E-state index in [2.05, 4.69) is 0 Å². The number of benzene rings is 2. The lowest BCUT2D eigenvalue weighted by atomic mass is 10.1. The van der Waals surface area contributed by atoms with Crippen LogP contribution >= 0.6 is 24.0 Å². The number of ether oxygens (including phenoxy) is 3. The Kier molecular flexibility index (Phi) is 6.26. The van der Waals surface area contributed by atoms with Crippen molar-refractivity contribution in [1.29, 1.82) is 0 Å². The minimum absolute atomic E-state index is 0.0421. The third-order valence-corrected chi connectivity index (χ3v) is 5.27. The lowest BCUT2D eigenvalue weighted by Gasteiger charge is -2.15. The second-order valence-electron chi connectivity index (χ2n) is 6.29. The van der Waals surface area contributed by atoms with Gasteiger partial charge in [-0.3, -0.25) is 9.69 Å². The largest absolute Gasteiger partial charge is 0.497 e. The predicted octanol–water partition coefficient (Wildman–Crippen LogP) is 4.90. The average molecular weight is 416 g/mol. The molecule has 0 N–H and O–H groups in total. The molecule has 1 aliphatic rings. The molecule has 0 spiro atoms. The maximum absolute atomic E-state index is 12.9. The fourth-order valence-electron chi connectivity index (χ4n) is 2.70. The van der Waals surface area contributed by atoms with Gasteiger partial charge in [0, 0.05) is 0 Å². The quantitative estimate of drug-likeness (QED) is 0.494. The van der Waals surface area contributed by atoms with Gasteiger partial charge in [0.15, 0.2) is 15.8 Å². The number of hydrogen-bond donors (Lipinski definition) is 0. The molecule has 0 saturated carbocycles. The summed E-state index contributed by atoms with van der Waals surface area (Å²) in [5.74, 6) is 1.86. The summed E-state index contributed by atoms with van der Waals surface area (Å²) in [6, 6.07) is 12.8. The van der Waals surface area contributed by atoms with E-state index in [0.717, 1.165) is 11.3 Å². The van der Waals surface area contributed by atoms with E-state index in [9.17, 15) is 4.79 Å². The molecule has 1 aliphatic heterocycles. The molecule has 2 aromatic rings. The number of anilines is 1. The van der Waals surface area contributed by atoms with Crippen LogP contribution in [0.5, 0.6) is 17.2 Å². The van der Waals surface area contributed by atoms with Gasteiger partial charge in [0.2, 0.25) is 0 Å². The number of carbonyl (C=O) groups excluding carboxylic acids is 1. The van der Waals surface area contributed by atoms with Crippen molar-refractivity contribution in [1.82, 2.24) is 0 Å². The van der Waals surface area contributed by atoms with E-state index in [0.29, 0.717) is 26.4 Å². The first-order valence-electron chi connectivity index (χ1n) is 8.69. The molecule has 146 valence electrons. The first-order valence-corrected chi connectivity index (χ1v) is 9.92. The third kappa shape index (κ3) is 4.31. The van der Waals surface area contributed by atoms with E-state index < -0.39 is 0 Å². The maximum atomic E-state index is 12.9. The summed E-state index contributed by atoms with van der Waals surface area (Å²) in [5.41, 5.74) is 1.55. The van der Waals surface area contributed by atoms with Gasteiger partial charge in [-0.15, -0.1) is 0 Å². The minimum Gasteiger partial charge on any atom is -0.497 e. The molecule has 1 saturated heterocycles. The molecule has 28 heavy (non-hydrogen) atoms. The number of rotatable bonds is 6. The highest BCUT2D eigenvalue weighted by Gasteiger charge is 2.33. The normalized spacial score (nSPS) is 15.5. The standard InChI is InChI=1S/C21H21NO4S2/c1-13(2)26-17-10-5-14(11-18(17)25-4)12-19-20(23)22(21(27)28-19)15-6-8-16(24-3)9-7-15/h5-13H,1-4H3/b19-12+. The van der Waals surface area contributed by atoms with Crippen molar-refractivity contribution in [3.05, 3.63) is 52.9 Å². The van der Waals surface area contributed by atoms with Crippen LogP contribution in [0.25, 0.3) is 6.08 Å². The van der Waals surface area contributed by atoms with Gasteiger partial charge in [-0.1, -0.05) is 30.0 Å². The SMILES string of the molecule is COc1ccc(N2C(=O)/C(=C\c3ccc(OC(C)C)c(OC)c3)SC2=S)cc1. The van der Waals surface area contributed by atoms with Gasteiger partial charge < -0.3 is 14.2 Å². The van der Waals surface area contributed by atoms with Crippen molar-refractivity contribution in [3.63, 3.8) is 0 Å². The molecular formula is C21H21NO4S2. The summed E-state index contributed by atoms with van der Waals surface area (Å²) in [5, 5.41) is 0. The fourth-order valence-corrected chi connectivity index (χ4v) is 4.00. The van der Waals surface area contributed by atoms with Crippen molar-refractivity contribution in [2.75, 3.05) is 19.1 Å². The van der Waals surface area contributed by atoms with Crippen LogP contribution in [0.1, 0.15) is 19.4 Å². The van der Waals surface area contributed by atoms with Crippen LogP contribution in [0.4, 0.5) is 5.69 Å². The van der Waals surface area contributed by atoms with Crippen LogP contribution in [-0.2, 0) is 4.79 Å². The van der Waals surface area contributed by atoms with Gasteiger partial charge in [0.05, 0.1) is 30.9 Å². The number of carbonyl (C=O) groups is 1. The second kappa shape index (κ2) is 8.67. The molecule has 3 rings (SSSR count). The molecule has 1 fully saturated rings. The Labute approximate surface area is 174 Å². The van der Waals surface area contributed by atoms with Gasteiger partial charge in [0.1, 0.15) is 5.75 Å². The number of hydrogen-bond acceptors (Lipinski definition) is 6. The van der Waals surface area contributed by atoms with Crippen molar-refractivity contribution >= 4 is 46.0 Å². The van der Waals surface area contributed by atoms with Crippen LogP contribution in [0.15, 0.2) is 47.4 Å². The third-order valence-electron chi connectivity index (χ3n) is 3.97. The number of amides is 1. The van der Waals surface area contributed by atoms with E-state index in [1.807, 2.05) is 50.3 Å². The van der Waals surface area contributed by atoms with Crippen LogP contribution in [-0.4, -0.2) is 30.6 Å². The fraction of sp³-hybridized carbons (Fsp3) is 0.238. The van der Waals surface area contributed by atoms with Gasteiger partial charge in [-0.05, 0) is 61.9 Å². The van der Waals surface area contributed by atoms with Crippen LogP contribution in [0.2, 0.25) is 0 Å². The Hall–Kier alpha value is -2.51. The molecule has 0 atom stereocenters. The highest BCUT2D eigenvalue weighted by molar-refractivity contribution is 8.27. The number of nitrogens with zero attached hydrogens (tertiary/aromatic N) is 1. The zero-order chi connectivity index (χ0) is 20.3. The Morgan fingerprint density at radius 3 is 2.36 bits per heavy atom. The van der Waals surface area contributed by atoms with E-state index in [1.54, 1.807) is 26.4 Å². The zero-order valence-electron chi connectivity index (χ0n) is 16.1. The summed E-state index contributed by atoms with van der Waals surface area (Å²) in [6.07, 6.45) is 1.85. The molecule has 2 aromatic carbocycles. The van der Waals surface area contributed by atoms with Crippen molar-refractivity contribution in [2.45, 2.75) is 20.0 Å². The molecule has 0 bridgehead atoms. The summed E-state index contributed by atoms with van der Waals surface area (Å²) < 4.78 is 16.8. The highest BCUT2D eigenvalue weighted by atomic mass is 32.2. The van der Waals surface area contributed by atoms with Crippen molar-refractivity contribution in [2.24, 2.45) is 0 Å². The predicted molar refractivity (Wildman–Crippen MR) is 117 cm³/mol. The molecule has 1 heterocycles. The maximum Gasteiger partial charge on any atom is 0.270 e. The second-order valence-corrected chi connectivity index (χ2v) is 7.97. The van der Waals surface area contributed by atoms with E-state index >= 15 is 0 Å². The first-order chi connectivity index (χ1) is 13.4. The Balaban J connectivity index is 1.86. The summed E-state index contributed by atoms with van der Waals surface area (Å²) >= 11 is 6.70. The Morgan fingerprint density at radius 2 is 1.75 bits per heavy atom. The monoisotopic (exact) mass is 415 g/mol. The lowest BCUT2D eigenvalue weighted by molar-refractivity contribution is -0.113. The molecule has 0 unspecified atom stereocenters. The first kappa shape index (κ1) is 20.2. The summed E-state index contributed by atoms with van der Waals surface area (Å²) in [6.45, 7) is 3.91. The van der Waals surface area contributed by atoms with Crippen LogP contribution in [0, 0.1) is 0 Å². The molecule has 5 nitrogen and oxygen atoms in total. The molecule has 0 aromatic heterocycles. The van der Waals surface area contributed by atoms with Gasteiger partial charge in [0.25, 0.3) is 5.91 Å². The number of thioether (sulfide) groups is 1. The van der Waals surface area contributed by atoms with E-state index in [-0.39, 0.29) is 12.0 Å². The summed E-state index contributed by atoms with van der Waals surface area (Å²) in [4.78, 5) is 15.0. The van der Waals surface area contributed by atoms with Gasteiger partial charge in [-0.2, -0.15) is 0 Å². The smallest absolute Gasteiger partial charge is 0.270 e. The van der Waals surface area contributed by atoms with Crippen LogP contribution < -0.4 is 19.1 Å². The van der Waals surface area contributed by atoms with Gasteiger partial charge >= 0.3 is 0 Å². The molecular weight excluding hydrogens is 394 g/mol. The number of methoxy groups -OCH3 is 2. The lowest BCUT2D eigenvalue weighted by Crippen LogP contribution is -2.27. The molecule has 0 radical (unpaired) electrons. The number of thiocarbonyl (C=S) groups is 1. The molecule has 1 amide bonds. The summed E-state index contributed by atoms with van der Waals surface area (Å²) in [7, 11) is 3.19.